The van der Waals surface area contributed by atoms with Crippen molar-refractivity contribution in [3.05, 3.63) is 83.8 Å². The van der Waals surface area contributed by atoms with Gasteiger partial charge in [-0.25, -0.2) is 9.40 Å². The van der Waals surface area contributed by atoms with Crippen molar-refractivity contribution in [2.75, 3.05) is 23.0 Å². The van der Waals surface area contributed by atoms with E-state index in [0.717, 1.165) is 72.2 Å². The zero-order valence-corrected chi connectivity index (χ0v) is 20.4. The van der Waals surface area contributed by atoms with Crippen LogP contribution in [0, 0.1) is 18.7 Å². The quantitative estimate of drug-likeness (QED) is 0.360. The van der Waals surface area contributed by atoms with Crippen LogP contribution >= 0.6 is 0 Å². The molecule has 3 aromatic carbocycles. The largest absolute Gasteiger partial charge is 0.361 e. The second-order valence-electron chi connectivity index (χ2n) is 10.4. The summed E-state index contributed by atoms with van der Waals surface area (Å²) in [5.41, 5.74) is 6.94. The Kier molecular flexibility index (Phi) is 4.93. The molecule has 1 N–H and O–H groups in total. The fraction of sp³-hybridized carbons (Fsp3) is 0.300. The van der Waals surface area contributed by atoms with Crippen LogP contribution in [0.25, 0.3) is 22.0 Å². The summed E-state index contributed by atoms with van der Waals surface area (Å²) in [5, 5.41) is 5.82. The summed E-state index contributed by atoms with van der Waals surface area (Å²) in [7, 11) is 0. The van der Waals surface area contributed by atoms with Gasteiger partial charge in [0.1, 0.15) is 12.0 Å². The Balaban J connectivity index is 1.34. The number of carbonyl (C=O) groups excluding carboxylic acids is 1. The molecule has 36 heavy (non-hydrogen) atoms. The lowest BCUT2D eigenvalue weighted by molar-refractivity contribution is -0.120. The molecule has 1 aliphatic carbocycles. The number of anilines is 2. The number of halogens is 1. The number of amides is 1. The van der Waals surface area contributed by atoms with Gasteiger partial charge in [-0.3, -0.25) is 14.7 Å². The van der Waals surface area contributed by atoms with E-state index in [1.54, 1.807) is 12.1 Å². The first kappa shape index (κ1) is 21.6. The number of hydrazine groups is 1. The summed E-state index contributed by atoms with van der Waals surface area (Å²) >= 11 is 0. The van der Waals surface area contributed by atoms with Crippen molar-refractivity contribution in [3.63, 3.8) is 0 Å². The molecule has 2 aliphatic heterocycles. The molecule has 0 bridgehead atoms. The van der Waals surface area contributed by atoms with Gasteiger partial charge in [0.2, 0.25) is 5.91 Å². The van der Waals surface area contributed by atoms with E-state index in [9.17, 15) is 9.18 Å². The number of aromatic nitrogens is 1. The lowest BCUT2D eigenvalue weighted by Gasteiger charge is -2.38. The molecule has 182 valence electrons. The normalized spacial score (nSPS) is 19.9. The standard InChI is InChI=1S/C30H29FN4O/c1-19-16-25(31)18-27-28(19)35(33-14-2-3-15-33)29(34(27)30(36)23-9-10-23)22-7-4-20(5-8-22)24-11-6-21-12-13-32-26(21)17-24/h4-8,11-13,16-18,23,29,32H,2-3,9-10,14-15H2,1H3. The number of hydrogen-bond acceptors (Lipinski definition) is 3. The number of hydrogen-bond donors (Lipinski definition) is 1. The molecule has 1 saturated carbocycles. The molecule has 2 fully saturated rings. The Labute approximate surface area is 210 Å². The summed E-state index contributed by atoms with van der Waals surface area (Å²) in [6.45, 7) is 3.83. The van der Waals surface area contributed by atoms with E-state index in [2.05, 4.69) is 63.5 Å². The van der Waals surface area contributed by atoms with Gasteiger partial charge in [-0.15, -0.1) is 0 Å². The van der Waals surface area contributed by atoms with E-state index >= 15 is 0 Å². The van der Waals surface area contributed by atoms with Gasteiger partial charge in [0.25, 0.3) is 0 Å². The van der Waals surface area contributed by atoms with Gasteiger partial charge >= 0.3 is 0 Å². The fourth-order valence-electron chi connectivity index (χ4n) is 5.91. The van der Waals surface area contributed by atoms with E-state index in [1.807, 2.05) is 18.0 Å². The molecule has 0 radical (unpaired) electrons. The smallest absolute Gasteiger partial charge is 0.232 e. The zero-order valence-electron chi connectivity index (χ0n) is 20.4. The third-order valence-corrected chi connectivity index (χ3v) is 7.86. The average molecular weight is 481 g/mol. The minimum absolute atomic E-state index is 0.0363. The maximum Gasteiger partial charge on any atom is 0.232 e. The van der Waals surface area contributed by atoms with Gasteiger partial charge in [0.05, 0.1) is 11.4 Å². The fourth-order valence-corrected chi connectivity index (χ4v) is 5.91. The number of nitrogens with zero attached hydrogens (tertiary/aromatic N) is 3. The average Bonchev–Trinajstić information content (AvgIpc) is 3.26. The number of fused-ring (bicyclic) bond motifs is 2. The molecule has 4 aromatic rings. The number of aromatic amines is 1. The first-order valence-electron chi connectivity index (χ1n) is 12.9. The lowest BCUT2D eigenvalue weighted by atomic mass is 10.0. The Morgan fingerprint density at radius 2 is 1.69 bits per heavy atom. The molecule has 3 aliphatic rings. The number of H-pyrrole nitrogens is 1. The van der Waals surface area contributed by atoms with Crippen molar-refractivity contribution >= 4 is 28.2 Å². The molecule has 3 heterocycles. The summed E-state index contributed by atoms with van der Waals surface area (Å²) in [5.74, 6) is -0.152. The number of aryl methyl sites for hydroxylation is 1. The molecule has 1 unspecified atom stereocenters. The van der Waals surface area contributed by atoms with Crippen LogP contribution in [0.1, 0.15) is 43.0 Å². The summed E-state index contributed by atoms with van der Waals surface area (Å²) in [6.07, 6.45) is 5.71. The topological polar surface area (TPSA) is 42.6 Å². The first-order valence-corrected chi connectivity index (χ1v) is 12.9. The second-order valence-corrected chi connectivity index (χ2v) is 10.4. The molecule has 1 atom stereocenters. The van der Waals surface area contributed by atoms with Crippen LogP contribution in [-0.4, -0.2) is 29.0 Å². The third-order valence-electron chi connectivity index (χ3n) is 7.86. The van der Waals surface area contributed by atoms with Crippen LogP contribution in [0.5, 0.6) is 0 Å². The molecular formula is C30H29FN4O. The van der Waals surface area contributed by atoms with Crippen LogP contribution in [-0.2, 0) is 4.79 Å². The van der Waals surface area contributed by atoms with Crippen LogP contribution in [0.2, 0.25) is 0 Å². The predicted molar refractivity (Wildman–Crippen MR) is 141 cm³/mol. The van der Waals surface area contributed by atoms with Crippen molar-refractivity contribution in [3.8, 4) is 11.1 Å². The highest BCUT2D eigenvalue weighted by Gasteiger charge is 2.48. The molecule has 1 amide bonds. The monoisotopic (exact) mass is 480 g/mol. The highest BCUT2D eigenvalue weighted by molar-refractivity contribution is 6.03. The molecule has 1 aromatic heterocycles. The SMILES string of the molecule is Cc1cc(F)cc2c1N(N1CCCC1)C(c1ccc(-c3ccc4cc[nH]c4c3)cc1)N2C(=O)C1CC1. The van der Waals surface area contributed by atoms with Crippen LogP contribution in [0.4, 0.5) is 15.8 Å². The molecule has 1 saturated heterocycles. The number of carbonyl (C=O) groups is 1. The molecule has 6 heteroatoms. The Morgan fingerprint density at radius 1 is 0.944 bits per heavy atom. The third kappa shape index (κ3) is 3.43. The van der Waals surface area contributed by atoms with Crippen molar-refractivity contribution in [1.29, 1.82) is 0 Å². The zero-order chi connectivity index (χ0) is 24.4. The van der Waals surface area contributed by atoms with Crippen LogP contribution < -0.4 is 9.91 Å². The summed E-state index contributed by atoms with van der Waals surface area (Å²) < 4.78 is 14.7. The van der Waals surface area contributed by atoms with Crippen molar-refractivity contribution < 1.29 is 9.18 Å². The maximum absolute atomic E-state index is 14.7. The van der Waals surface area contributed by atoms with E-state index in [0.29, 0.717) is 5.69 Å². The van der Waals surface area contributed by atoms with Crippen molar-refractivity contribution in [2.45, 2.75) is 38.8 Å². The molecule has 7 rings (SSSR count). The second kappa shape index (κ2) is 8.20. The van der Waals surface area contributed by atoms with E-state index in [4.69, 9.17) is 0 Å². The molecular weight excluding hydrogens is 451 g/mol. The van der Waals surface area contributed by atoms with Gasteiger partial charge in [-0.05, 0) is 84.5 Å². The number of rotatable bonds is 4. The lowest BCUT2D eigenvalue weighted by Crippen LogP contribution is -2.47. The van der Waals surface area contributed by atoms with E-state index < -0.39 is 0 Å². The maximum atomic E-state index is 14.7. The van der Waals surface area contributed by atoms with Gasteiger partial charge in [0.15, 0.2) is 0 Å². The Morgan fingerprint density at radius 3 is 2.44 bits per heavy atom. The van der Waals surface area contributed by atoms with Gasteiger partial charge < -0.3 is 4.98 Å². The minimum atomic E-state index is -0.313. The number of nitrogens with one attached hydrogen (secondary N) is 1. The van der Waals surface area contributed by atoms with E-state index in [1.165, 1.54) is 5.39 Å². The highest BCUT2D eigenvalue weighted by atomic mass is 19.1. The van der Waals surface area contributed by atoms with Gasteiger partial charge in [-0.1, -0.05) is 36.4 Å². The van der Waals surface area contributed by atoms with Crippen molar-refractivity contribution in [1.82, 2.24) is 9.99 Å². The van der Waals surface area contributed by atoms with Crippen LogP contribution in [0.15, 0.2) is 66.9 Å². The Hall–Kier alpha value is -3.64. The predicted octanol–water partition coefficient (Wildman–Crippen LogP) is 6.56. The molecule has 5 nitrogen and oxygen atoms in total. The highest BCUT2D eigenvalue weighted by Crippen LogP contribution is 2.52. The van der Waals surface area contributed by atoms with E-state index in [-0.39, 0.29) is 23.8 Å². The van der Waals surface area contributed by atoms with Crippen LogP contribution in [0.3, 0.4) is 0 Å². The number of benzene rings is 3. The van der Waals surface area contributed by atoms with Gasteiger partial charge in [-0.2, -0.15) is 0 Å². The first-order chi connectivity index (χ1) is 17.6. The summed E-state index contributed by atoms with van der Waals surface area (Å²) in [4.78, 5) is 18.8. The Bertz CT molecular complexity index is 1470. The summed E-state index contributed by atoms with van der Waals surface area (Å²) in [6, 6.07) is 20.2. The van der Waals surface area contributed by atoms with Crippen molar-refractivity contribution in [2.24, 2.45) is 5.92 Å². The molecule has 0 spiro atoms. The van der Waals surface area contributed by atoms with Gasteiger partial charge in [0, 0.05) is 30.7 Å². The minimum Gasteiger partial charge on any atom is -0.361 e.